The van der Waals surface area contributed by atoms with Crippen LogP contribution in [0.1, 0.15) is 35.1 Å². The number of aromatic nitrogens is 2. The van der Waals surface area contributed by atoms with Gasteiger partial charge in [0.15, 0.2) is 0 Å². The summed E-state index contributed by atoms with van der Waals surface area (Å²) in [6.07, 6.45) is -14.5. The number of thiocarbonyl (C=S) groups is 1. The van der Waals surface area contributed by atoms with E-state index in [0.29, 0.717) is 25.8 Å². The second-order valence-electron chi connectivity index (χ2n) is 8.96. The lowest BCUT2D eigenvalue weighted by atomic mass is 9.90. The maximum Gasteiger partial charge on any atom is 0.435 e. The maximum absolute atomic E-state index is 14.6. The smallest absolute Gasteiger partial charge is 0.373 e. The van der Waals surface area contributed by atoms with Crippen molar-refractivity contribution >= 4 is 28.8 Å². The summed E-state index contributed by atoms with van der Waals surface area (Å²) < 4.78 is 136. The predicted molar refractivity (Wildman–Crippen MR) is 127 cm³/mol. The van der Waals surface area contributed by atoms with E-state index >= 15 is 0 Å². The summed E-state index contributed by atoms with van der Waals surface area (Å²) in [5.41, 5.74) is -10.7. The van der Waals surface area contributed by atoms with Gasteiger partial charge in [-0.1, -0.05) is 36.0 Å². The van der Waals surface area contributed by atoms with Crippen LogP contribution >= 0.6 is 23.8 Å². The fraction of sp³-hybridized carbons (Fsp3) is 0.333. The highest BCUT2D eigenvalue weighted by Crippen LogP contribution is 2.54. The van der Waals surface area contributed by atoms with Crippen molar-refractivity contribution < 1.29 is 43.9 Å². The van der Waals surface area contributed by atoms with Crippen molar-refractivity contribution in [2.24, 2.45) is 0 Å². The second kappa shape index (κ2) is 9.65. The molecule has 3 nitrogen and oxygen atoms in total. The highest BCUT2D eigenvalue weighted by molar-refractivity contribution is 7.80. The van der Waals surface area contributed by atoms with Crippen molar-refractivity contribution in [3.05, 3.63) is 70.0 Å². The summed E-state index contributed by atoms with van der Waals surface area (Å²) in [5.74, 6) is 0. The molecule has 0 atom stereocenters. The Morgan fingerprint density at radius 1 is 0.949 bits per heavy atom. The summed E-state index contributed by atoms with van der Waals surface area (Å²) >= 11 is 11.6. The van der Waals surface area contributed by atoms with Gasteiger partial charge in [0.05, 0.1) is 22.5 Å². The number of rotatable bonds is 5. The van der Waals surface area contributed by atoms with Gasteiger partial charge in [-0.05, 0) is 49.1 Å². The van der Waals surface area contributed by atoms with Gasteiger partial charge >= 0.3 is 24.2 Å². The van der Waals surface area contributed by atoms with Crippen LogP contribution in [-0.4, -0.2) is 33.2 Å². The average Bonchev–Trinajstić information content (AvgIpc) is 3.48. The van der Waals surface area contributed by atoms with Crippen LogP contribution in [0.15, 0.2) is 42.7 Å². The molecule has 0 unspecified atom stereocenters. The van der Waals surface area contributed by atoms with E-state index in [2.05, 4.69) is 10.4 Å². The normalized spacial score (nSPS) is 15.0. The molecule has 1 heterocycles. The molecule has 1 aliphatic carbocycles. The highest BCUT2D eigenvalue weighted by Gasteiger charge is 2.73. The first-order valence-corrected chi connectivity index (χ1v) is 11.8. The third kappa shape index (κ3) is 5.45. The minimum absolute atomic E-state index is 0.0787. The molecule has 15 heteroatoms. The molecular formula is C24H16ClF10N3S. The Morgan fingerprint density at radius 2 is 1.56 bits per heavy atom. The van der Waals surface area contributed by atoms with Crippen LogP contribution in [0.25, 0.3) is 16.8 Å². The van der Waals surface area contributed by atoms with E-state index in [-0.39, 0.29) is 17.7 Å². The molecule has 0 aliphatic heterocycles. The van der Waals surface area contributed by atoms with E-state index in [4.69, 9.17) is 23.8 Å². The number of aryl methyl sites for hydroxylation is 1. The van der Waals surface area contributed by atoms with Gasteiger partial charge in [-0.2, -0.15) is 44.6 Å². The fourth-order valence-corrected chi connectivity index (χ4v) is 4.55. The van der Waals surface area contributed by atoms with Crippen molar-refractivity contribution in [2.45, 2.75) is 50.0 Å². The summed E-state index contributed by atoms with van der Waals surface area (Å²) in [6, 6.07) is 4.39. The van der Waals surface area contributed by atoms with E-state index in [1.807, 2.05) is 0 Å². The number of hydrogen-bond acceptors (Lipinski definition) is 2. The van der Waals surface area contributed by atoms with Gasteiger partial charge in [0.1, 0.15) is 4.99 Å². The second-order valence-corrected chi connectivity index (χ2v) is 9.77. The van der Waals surface area contributed by atoms with Crippen molar-refractivity contribution in [3.63, 3.8) is 0 Å². The molecule has 0 saturated heterocycles. The molecule has 3 aromatic rings. The number of hydrogen-bond donors (Lipinski definition) is 1. The zero-order valence-electron chi connectivity index (χ0n) is 19.5. The van der Waals surface area contributed by atoms with Crippen LogP contribution in [-0.2, 0) is 11.8 Å². The van der Waals surface area contributed by atoms with Gasteiger partial charge in [0.2, 0.25) is 0 Å². The summed E-state index contributed by atoms with van der Waals surface area (Å²) in [6.45, 7) is 0.824. The number of benzene rings is 2. The van der Waals surface area contributed by atoms with Gasteiger partial charge < -0.3 is 5.32 Å². The highest BCUT2D eigenvalue weighted by atomic mass is 35.5. The maximum atomic E-state index is 14.6. The van der Waals surface area contributed by atoms with Crippen molar-refractivity contribution in [1.29, 1.82) is 0 Å². The summed E-state index contributed by atoms with van der Waals surface area (Å²) in [7, 11) is 0. The third-order valence-corrected chi connectivity index (χ3v) is 6.72. The van der Waals surface area contributed by atoms with Crippen LogP contribution in [0, 0.1) is 6.92 Å². The number of nitrogens with zero attached hydrogens (tertiary/aromatic N) is 2. The topological polar surface area (TPSA) is 29.9 Å². The molecule has 0 bridgehead atoms. The molecule has 39 heavy (non-hydrogen) atoms. The minimum atomic E-state index is -6.58. The largest absolute Gasteiger partial charge is 0.435 e. The Kier molecular flexibility index (Phi) is 7.20. The molecular weight excluding hydrogens is 588 g/mol. The predicted octanol–water partition coefficient (Wildman–Crippen LogP) is 8.24. The van der Waals surface area contributed by atoms with Gasteiger partial charge in [0, 0.05) is 28.9 Å². The number of alkyl halides is 10. The van der Waals surface area contributed by atoms with Crippen LogP contribution < -0.4 is 5.32 Å². The van der Waals surface area contributed by atoms with Gasteiger partial charge in [-0.15, -0.1) is 0 Å². The Hall–Kier alpha value is -2.87. The summed E-state index contributed by atoms with van der Waals surface area (Å²) in [4.78, 5) is 0.353. The van der Waals surface area contributed by atoms with Crippen molar-refractivity contribution in [1.82, 2.24) is 15.1 Å². The van der Waals surface area contributed by atoms with Crippen LogP contribution in [0.2, 0.25) is 5.02 Å². The molecule has 0 amide bonds. The first-order chi connectivity index (χ1) is 17.8. The van der Waals surface area contributed by atoms with Crippen LogP contribution in [0.4, 0.5) is 43.9 Å². The Labute approximate surface area is 224 Å². The van der Waals surface area contributed by atoms with E-state index in [0.717, 1.165) is 32.2 Å². The Balaban J connectivity index is 1.82. The molecule has 4 rings (SSSR count). The lowest BCUT2D eigenvalue weighted by Gasteiger charge is -2.31. The Morgan fingerprint density at radius 3 is 2.10 bits per heavy atom. The number of nitrogens with one attached hydrogen (secondary N) is 1. The third-order valence-electron chi connectivity index (χ3n) is 6.05. The monoisotopic (exact) mass is 603 g/mol. The molecule has 1 fully saturated rings. The molecule has 0 spiro atoms. The molecule has 1 aliphatic rings. The zero-order chi connectivity index (χ0) is 29.1. The van der Waals surface area contributed by atoms with E-state index in [9.17, 15) is 43.9 Å². The lowest BCUT2D eigenvalue weighted by molar-refractivity contribution is -0.348. The van der Waals surface area contributed by atoms with E-state index in [1.165, 1.54) is 12.1 Å². The molecule has 1 N–H and O–H groups in total. The molecule has 1 saturated carbocycles. The summed E-state index contributed by atoms with van der Waals surface area (Å²) in [5, 5.41) is 7.25. The molecule has 0 radical (unpaired) electrons. The van der Waals surface area contributed by atoms with E-state index < -0.39 is 52.6 Å². The van der Waals surface area contributed by atoms with Gasteiger partial charge in [-0.3, -0.25) is 0 Å². The lowest BCUT2D eigenvalue weighted by Crippen LogP contribution is -2.50. The van der Waals surface area contributed by atoms with E-state index in [1.54, 1.807) is 6.07 Å². The first kappa shape index (κ1) is 29.1. The average molecular weight is 604 g/mol. The van der Waals surface area contributed by atoms with Gasteiger partial charge in [-0.25, -0.2) is 9.07 Å². The van der Waals surface area contributed by atoms with Crippen LogP contribution in [0.3, 0.4) is 0 Å². The fourth-order valence-electron chi connectivity index (χ4n) is 3.95. The molecule has 1 aromatic heterocycles. The van der Waals surface area contributed by atoms with Crippen molar-refractivity contribution in [2.75, 3.05) is 0 Å². The van der Waals surface area contributed by atoms with Crippen LogP contribution in [0.5, 0.6) is 0 Å². The standard InChI is InChI=1S/C24H16ClF10N3S/c1-11-6-14(21(26,23(30,31)32)24(33,34)35)8-17(22(27,28)29)19(11)38-10-13(9-36-38)12-2-5-18(25)16(7-12)20(39)37-15-3-4-15/h2,5-10,15H,3-4H2,1H3,(H,37,39). The first-order valence-electron chi connectivity index (χ1n) is 11.0. The van der Waals surface area contributed by atoms with Crippen molar-refractivity contribution in [3.8, 4) is 16.8 Å². The zero-order valence-corrected chi connectivity index (χ0v) is 21.1. The number of halogens is 11. The SMILES string of the molecule is Cc1cc(C(F)(C(F)(F)F)C(F)(F)F)cc(C(F)(F)F)c1-n1cc(-c2ccc(Cl)c(C(=S)NC3CC3)c2)cn1. The Bertz CT molecular complexity index is 1410. The molecule has 210 valence electrons. The minimum Gasteiger partial charge on any atom is -0.373 e. The molecule has 2 aromatic carbocycles. The van der Waals surface area contributed by atoms with Gasteiger partial charge in [0.25, 0.3) is 0 Å². The quantitative estimate of drug-likeness (QED) is 0.235.